The molecule has 2 aromatic rings. The van der Waals surface area contributed by atoms with Crippen molar-refractivity contribution >= 4 is 18.0 Å². The molecule has 2 aliphatic carbocycles. The average molecular weight is 467 g/mol. The number of alkyl carbamates (subject to hydrolysis) is 1. The Morgan fingerprint density at radius 2 is 1.62 bits per heavy atom. The Balaban J connectivity index is 1.36. The minimum Gasteiger partial charge on any atom is -0.481 e. The predicted octanol–water partition coefficient (Wildman–Crippen LogP) is 3.04. The van der Waals surface area contributed by atoms with Crippen LogP contribution in [0.4, 0.5) is 4.79 Å². The lowest BCUT2D eigenvalue weighted by atomic mass is 9.81. The molecule has 0 saturated heterocycles. The number of rotatable bonds is 10. The highest BCUT2D eigenvalue weighted by Gasteiger charge is 2.30. The Hall–Kier alpha value is -3.39. The van der Waals surface area contributed by atoms with Crippen LogP contribution < -0.4 is 10.6 Å². The van der Waals surface area contributed by atoms with Crippen molar-refractivity contribution in [1.82, 2.24) is 10.6 Å². The summed E-state index contributed by atoms with van der Waals surface area (Å²) in [4.78, 5) is 36.2. The van der Waals surface area contributed by atoms with E-state index in [0.29, 0.717) is 0 Å². The first-order valence-electron chi connectivity index (χ1n) is 11.7. The molecule has 2 atom stereocenters. The van der Waals surface area contributed by atoms with Gasteiger partial charge < -0.3 is 25.6 Å². The molecule has 34 heavy (non-hydrogen) atoms. The van der Waals surface area contributed by atoms with E-state index in [9.17, 15) is 19.5 Å². The molecule has 8 nitrogen and oxygen atoms in total. The zero-order valence-corrected chi connectivity index (χ0v) is 18.9. The van der Waals surface area contributed by atoms with Gasteiger partial charge in [-0.25, -0.2) is 4.79 Å². The number of aliphatic carboxylic acids is 1. The van der Waals surface area contributed by atoms with Gasteiger partial charge in [-0.1, -0.05) is 55.0 Å². The summed E-state index contributed by atoms with van der Waals surface area (Å²) in [5.41, 5.74) is 4.36. The van der Waals surface area contributed by atoms with Crippen LogP contribution in [0.25, 0.3) is 11.1 Å². The van der Waals surface area contributed by atoms with Crippen LogP contribution in [0.3, 0.4) is 0 Å². The number of carbonyl (C=O) groups excluding carboxylic acids is 2. The van der Waals surface area contributed by atoms with E-state index >= 15 is 0 Å². The number of ether oxygens (including phenoxy) is 1. The molecule has 1 fully saturated rings. The highest BCUT2D eigenvalue weighted by Crippen LogP contribution is 2.44. The molecule has 0 heterocycles. The van der Waals surface area contributed by atoms with Crippen molar-refractivity contribution in [2.75, 3.05) is 13.2 Å². The molecule has 2 aromatic carbocycles. The van der Waals surface area contributed by atoms with Crippen molar-refractivity contribution in [3.63, 3.8) is 0 Å². The van der Waals surface area contributed by atoms with Crippen LogP contribution in [-0.4, -0.2) is 53.5 Å². The van der Waals surface area contributed by atoms with Crippen LogP contribution in [0.15, 0.2) is 48.5 Å². The molecule has 2 aliphatic rings. The molecule has 2 amide bonds. The van der Waals surface area contributed by atoms with Crippen molar-refractivity contribution in [3.8, 4) is 11.1 Å². The van der Waals surface area contributed by atoms with E-state index in [1.807, 2.05) is 48.5 Å². The number of aliphatic hydroxyl groups excluding tert-OH is 1. The number of hydrogen-bond donors (Lipinski definition) is 4. The van der Waals surface area contributed by atoms with E-state index < -0.39 is 30.1 Å². The van der Waals surface area contributed by atoms with Crippen LogP contribution in [-0.2, 0) is 14.3 Å². The number of carboxylic acids is 1. The molecule has 8 heteroatoms. The lowest BCUT2D eigenvalue weighted by Crippen LogP contribution is -2.49. The number of aliphatic hydroxyl groups is 1. The lowest BCUT2D eigenvalue weighted by Gasteiger charge is -2.30. The SMILES string of the molecule is O=C(O)CCC(NC(=O)OCC1c2ccccc2-c2ccccc21)C(=O)NCC(O)C1CCC1. The average Bonchev–Trinajstić information content (AvgIpc) is 3.11. The van der Waals surface area contributed by atoms with Gasteiger partial charge in [0.1, 0.15) is 12.6 Å². The molecule has 0 aliphatic heterocycles. The molecule has 2 unspecified atom stereocenters. The van der Waals surface area contributed by atoms with E-state index in [2.05, 4.69) is 10.6 Å². The number of fused-ring (bicyclic) bond motifs is 3. The maximum absolute atomic E-state index is 12.6. The van der Waals surface area contributed by atoms with E-state index in [-0.39, 0.29) is 37.8 Å². The number of carboxylic acid groups (broad SMARTS) is 1. The van der Waals surface area contributed by atoms with Gasteiger partial charge in [-0.05, 0) is 47.4 Å². The minimum atomic E-state index is -1.07. The summed E-state index contributed by atoms with van der Waals surface area (Å²) >= 11 is 0. The molecule has 1 saturated carbocycles. The van der Waals surface area contributed by atoms with Crippen molar-refractivity contribution in [3.05, 3.63) is 59.7 Å². The zero-order chi connectivity index (χ0) is 24.1. The highest BCUT2D eigenvalue weighted by atomic mass is 16.5. The largest absolute Gasteiger partial charge is 0.481 e. The van der Waals surface area contributed by atoms with E-state index in [0.717, 1.165) is 41.5 Å². The maximum atomic E-state index is 12.6. The van der Waals surface area contributed by atoms with Gasteiger partial charge in [0.25, 0.3) is 0 Å². The third-order valence-electron chi connectivity index (χ3n) is 6.78. The van der Waals surface area contributed by atoms with Gasteiger partial charge in [-0.3, -0.25) is 9.59 Å². The fraction of sp³-hybridized carbons (Fsp3) is 0.423. The molecule has 0 aromatic heterocycles. The van der Waals surface area contributed by atoms with Gasteiger partial charge in [-0.15, -0.1) is 0 Å². The first kappa shape index (κ1) is 23.8. The quantitative estimate of drug-likeness (QED) is 0.427. The standard InChI is InChI=1S/C26H30N2O6/c29-23(16-6-5-7-16)14-27-25(32)22(12-13-24(30)31)28-26(33)34-15-21-19-10-3-1-8-17(19)18-9-2-4-11-20(18)21/h1-4,8-11,16,21-23,29H,5-7,12-15H2,(H,27,32)(H,28,33)(H,30,31). The van der Waals surface area contributed by atoms with E-state index in [1.54, 1.807) is 0 Å². The van der Waals surface area contributed by atoms with Gasteiger partial charge in [0, 0.05) is 18.9 Å². The lowest BCUT2D eigenvalue weighted by molar-refractivity contribution is -0.137. The predicted molar refractivity (Wildman–Crippen MR) is 125 cm³/mol. The van der Waals surface area contributed by atoms with Gasteiger partial charge in [-0.2, -0.15) is 0 Å². The van der Waals surface area contributed by atoms with Crippen LogP contribution in [0, 0.1) is 5.92 Å². The van der Waals surface area contributed by atoms with Crippen molar-refractivity contribution < 1.29 is 29.3 Å². The summed E-state index contributed by atoms with van der Waals surface area (Å²) in [5, 5.41) is 24.3. The minimum absolute atomic E-state index is 0.0689. The Labute approximate surface area is 198 Å². The van der Waals surface area contributed by atoms with E-state index in [1.165, 1.54) is 0 Å². The Kier molecular flexibility index (Phi) is 7.47. The summed E-state index contributed by atoms with van der Waals surface area (Å²) in [7, 11) is 0. The van der Waals surface area contributed by atoms with Crippen LogP contribution in [0.2, 0.25) is 0 Å². The Bertz CT molecular complexity index is 1010. The van der Waals surface area contributed by atoms with Crippen LogP contribution >= 0.6 is 0 Å². The zero-order valence-electron chi connectivity index (χ0n) is 18.9. The third kappa shape index (κ3) is 5.39. The summed E-state index contributed by atoms with van der Waals surface area (Å²) in [5.74, 6) is -1.55. The molecule has 180 valence electrons. The number of benzene rings is 2. The third-order valence-corrected chi connectivity index (χ3v) is 6.78. The van der Waals surface area contributed by atoms with Crippen molar-refractivity contribution in [2.45, 2.75) is 50.2 Å². The summed E-state index contributed by atoms with van der Waals surface area (Å²) in [6.07, 6.45) is 1.13. The van der Waals surface area contributed by atoms with Gasteiger partial charge >= 0.3 is 12.1 Å². The van der Waals surface area contributed by atoms with Gasteiger partial charge in [0.15, 0.2) is 0 Å². The van der Waals surface area contributed by atoms with Crippen molar-refractivity contribution in [2.24, 2.45) is 5.92 Å². The smallest absolute Gasteiger partial charge is 0.407 e. The molecule has 0 bridgehead atoms. The molecule has 0 spiro atoms. The summed E-state index contributed by atoms with van der Waals surface area (Å²) in [6, 6.07) is 14.9. The first-order valence-corrected chi connectivity index (χ1v) is 11.7. The van der Waals surface area contributed by atoms with Gasteiger partial charge in [0.05, 0.1) is 6.10 Å². The molecule has 0 radical (unpaired) electrons. The van der Waals surface area contributed by atoms with Crippen molar-refractivity contribution in [1.29, 1.82) is 0 Å². The van der Waals surface area contributed by atoms with Crippen LogP contribution in [0.1, 0.15) is 49.1 Å². The topological polar surface area (TPSA) is 125 Å². The van der Waals surface area contributed by atoms with Gasteiger partial charge in [0.2, 0.25) is 5.91 Å². The Morgan fingerprint density at radius 1 is 1.00 bits per heavy atom. The highest BCUT2D eigenvalue weighted by molar-refractivity contribution is 5.86. The monoisotopic (exact) mass is 466 g/mol. The second-order valence-corrected chi connectivity index (χ2v) is 8.96. The van der Waals surface area contributed by atoms with E-state index in [4.69, 9.17) is 9.84 Å². The fourth-order valence-electron chi connectivity index (χ4n) is 4.64. The number of carbonyl (C=O) groups is 3. The number of amides is 2. The Morgan fingerprint density at radius 3 is 2.18 bits per heavy atom. The summed E-state index contributed by atoms with van der Waals surface area (Å²) < 4.78 is 5.49. The second-order valence-electron chi connectivity index (χ2n) is 8.96. The number of hydrogen-bond acceptors (Lipinski definition) is 5. The summed E-state index contributed by atoms with van der Waals surface area (Å²) in [6.45, 7) is 0.160. The first-order chi connectivity index (χ1) is 16.4. The molecular formula is C26H30N2O6. The molecular weight excluding hydrogens is 436 g/mol. The normalized spacial score (nSPS) is 16.5. The number of nitrogens with one attached hydrogen (secondary N) is 2. The fourth-order valence-corrected chi connectivity index (χ4v) is 4.64. The van der Waals surface area contributed by atoms with Crippen LogP contribution in [0.5, 0.6) is 0 Å². The maximum Gasteiger partial charge on any atom is 0.407 e. The second kappa shape index (κ2) is 10.7. The molecule has 4 N–H and O–H groups in total. The molecule has 4 rings (SSSR count).